The average molecular weight is 374 g/mol. The topological polar surface area (TPSA) is 120 Å². The number of piperazine rings is 1. The van der Waals surface area contributed by atoms with Crippen LogP contribution in [0.5, 0.6) is 0 Å². The van der Waals surface area contributed by atoms with Crippen molar-refractivity contribution in [3.63, 3.8) is 0 Å². The number of hydrogen-bond acceptors (Lipinski definition) is 8. The van der Waals surface area contributed by atoms with Crippen LogP contribution in [0.1, 0.15) is 13.3 Å². The quantitative estimate of drug-likeness (QED) is 0.758. The van der Waals surface area contributed by atoms with Gasteiger partial charge >= 0.3 is 0 Å². The molecule has 2 aromatic heterocycles. The molecule has 2 saturated heterocycles. The molecule has 26 heavy (non-hydrogen) atoms. The molecule has 2 N–H and O–H groups in total. The standard InChI is InChI=1S/C15H18N8O2S/c1-9-7-21(11(24)6-10-14(25)19-15(16)26-10)4-5-23(9)12-13-20-18-8-22(13)3-2-17-12/h2-3,8-10H,4-7H2,1H3,(H2,16,19,25). The lowest BCUT2D eigenvalue weighted by Gasteiger charge is -2.40. The van der Waals surface area contributed by atoms with Gasteiger partial charge in [0.25, 0.3) is 0 Å². The molecule has 2 fully saturated rings. The summed E-state index contributed by atoms with van der Waals surface area (Å²) >= 11 is 1.10. The number of nitrogens with one attached hydrogen (secondary N) is 2. The van der Waals surface area contributed by atoms with E-state index in [-0.39, 0.29) is 29.4 Å². The highest BCUT2D eigenvalue weighted by molar-refractivity contribution is 8.15. The highest BCUT2D eigenvalue weighted by Gasteiger charge is 2.35. The molecular weight excluding hydrogens is 356 g/mol. The highest BCUT2D eigenvalue weighted by Crippen LogP contribution is 2.25. The monoisotopic (exact) mass is 374 g/mol. The summed E-state index contributed by atoms with van der Waals surface area (Å²) in [6, 6.07) is 0.0615. The molecular formula is C15H18N8O2S. The number of anilines is 1. The Morgan fingerprint density at radius 3 is 3.04 bits per heavy atom. The molecule has 136 valence electrons. The van der Waals surface area contributed by atoms with Crippen LogP contribution in [0.15, 0.2) is 18.7 Å². The molecule has 2 unspecified atom stereocenters. The minimum Gasteiger partial charge on any atom is -0.347 e. The molecule has 2 atom stereocenters. The molecule has 11 heteroatoms. The largest absolute Gasteiger partial charge is 0.347 e. The minimum atomic E-state index is -0.505. The summed E-state index contributed by atoms with van der Waals surface area (Å²) in [4.78, 5) is 32.6. The van der Waals surface area contributed by atoms with E-state index in [1.54, 1.807) is 23.6 Å². The van der Waals surface area contributed by atoms with E-state index < -0.39 is 5.25 Å². The first-order valence-corrected chi connectivity index (χ1v) is 9.15. The Kier molecular flexibility index (Phi) is 4.23. The fraction of sp³-hybridized carbons (Fsp3) is 0.467. The van der Waals surface area contributed by atoms with E-state index in [2.05, 4.69) is 25.4 Å². The molecule has 4 rings (SSSR count). The maximum atomic E-state index is 12.6. The first-order valence-electron chi connectivity index (χ1n) is 8.28. The molecule has 2 aliphatic rings. The number of amides is 2. The number of carbonyl (C=O) groups is 2. The second-order valence-electron chi connectivity index (χ2n) is 6.32. The maximum Gasteiger partial charge on any atom is 0.240 e. The number of thioether (sulfide) groups is 1. The molecule has 4 heterocycles. The first kappa shape index (κ1) is 16.8. The van der Waals surface area contributed by atoms with E-state index in [0.29, 0.717) is 25.3 Å². The van der Waals surface area contributed by atoms with Gasteiger partial charge in [0.05, 0.1) is 0 Å². The van der Waals surface area contributed by atoms with Crippen molar-refractivity contribution in [1.29, 1.82) is 5.41 Å². The smallest absolute Gasteiger partial charge is 0.240 e. The second-order valence-corrected chi connectivity index (χ2v) is 7.54. The summed E-state index contributed by atoms with van der Waals surface area (Å²) in [7, 11) is 0. The van der Waals surface area contributed by atoms with Crippen molar-refractivity contribution in [3.05, 3.63) is 18.7 Å². The molecule has 0 bridgehead atoms. The molecule has 10 nitrogen and oxygen atoms in total. The van der Waals surface area contributed by atoms with Gasteiger partial charge in [0.15, 0.2) is 11.0 Å². The van der Waals surface area contributed by atoms with Crippen molar-refractivity contribution in [2.75, 3.05) is 24.5 Å². The fourth-order valence-electron chi connectivity index (χ4n) is 3.29. The predicted molar refractivity (Wildman–Crippen MR) is 96.0 cm³/mol. The minimum absolute atomic E-state index is 0.0615. The van der Waals surface area contributed by atoms with Crippen LogP contribution in [-0.4, -0.2) is 72.4 Å². The van der Waals surface area contributed by atoms with Gasteiger partial charge in [-0.3, -0.25) is 19.4 Å². The summed E-state index contributed by atoms with van der Waals surface area (Å²) in [5.41, 5.74) is 0.691. The number of nitrogens with zero attached hydrogens (tertiary/aromatic N) is 6. The maximum absolute atomic E-state index is 12.6. The van der Waals surface area contributed by atoms with Crippen LogP contribution in [0.2, 0.25) is 0 Å². The van der Waals surface area contributed by atoms with Gasteiger partial charge in [-0.05, 0) is 6.92 Å². The van der Waals surface area contributed by atoms with E-state index in [1.807, 2.05) is 11.3 Å². The van der Waals surface area contributed by atoms with Gasteiger partial charge in [-0.1, -0.05) is 11.8 Å². The summed E-state index contributed by atoms with van der Waals surface area (Å²) in [5, 5.41) is 17.6. The van der Waals surface area contributed by atoms with Gasteiger partial charge in [0.2, 0.25) is 17.5 Å². The van der Waals surface area contributed by atoms with Crippen molar-refractivity contribution in [2.45, 2.75) is 24.6 Å². The van der Waals surface area contributed by atoms with Crippen LogP contribution in [0, 0.1) is 5.41 Å². The molecule has 0 saturated carbocycles. The van der Waals surface area contributed by atoms with Gasteiger partial charge in [0, 0.05) is 44.5 Å². The van der Waals surface area contributed by atoms with Gasteiger partial charge in [0.1, 0.15) is 11.6 Å². The SMILES string of the molecule is CC1CN(C(=O)CC2SC(=N)NC2=O)CCN1c1nccn2cnnc12. The van der Waals surface area contributed by atoms with Crippen LogP contribution in [-0.2, 0) is 9.59 Å². The molecule has 2 amide bonds. The molecule has 0 aliphatic carbocycles. The fourth-order valence-corrected chi connectivity index (χ4v) is 4.12. The summed E-state index contributed by atoms with van der Waals surface area (Å²) in [6.45, 7) is 3.77. The lowest BCUT2D eigenvalue weighted by atomic mass is 10.1. The third-order valence-corrected chi connectivity index (χ3v) is 5.60. The zero-order valence-electron chi connectivity index (χ0n) is 14.1. The Balaban J connectivity index is 1.43. The Hall–Kier alpha value is -2.69. The van der Waals surface area contributed by atoms with Crippen LogP contribution in [0.4, 0.5) is 5.82 Å². The Labute approximate surface area is 153 Å². The zero-order valence-corrected chi connectivity index (χ0v) is 14.9. The molecule has 0 aromatic carbocycles. The number of aromatic nitrogens is 4. The van der Waals surface area contributed by atoms with Gasteiger partial charge < -0.3 is 15.1 Å². The first-order chi connectivity index (χ1) is 12.5. The van der Waals surface area contributed by atoms with Crippen molar-refractivity contribution in [2.24, 2.45) is 0 Å². The van der Waals surface area contributed by atoms with E-state index in [1.165, 1.54) is 0 Å². The average Bonchev–Trinajstić information content (AvgIpc) is 3.21. The summed E-state index contributed by atoms with van der Waals surface area (Å²) < 4.78 is 1.82. The molecule has 2 aromatic rings. The van der Waals surface area contributed by atoms with Crippen LogP contribution in [0.3, 0.4) is 0 Å². The molecule has 0 spiro atoms. The van der Waals surface area contributed by atoms with E-state index >= 15 is 0 Å². The Morgan fingerprint density at radius 1 is 1.46 bits per heavy atom. The predicted octanol–water partition coefficient (Wildman–Crippen LogP) is -0.282. The summed E-state index contributed by atoms with van der Waals surface area (Å²) in [6.07, 6.45) is 5.25. The third-order valence-electron chi connectivity index (χ3n) is 4.60. The van der Waals surface area contributed by atoms with Crippen molar-refractivity contribution < 1.29 is 9.59 Å². The van der Waals surface area contributed by atoms with E-state index in [9.17, 15) is 9.59 Å². The van der Waals surface area contributed by atoms with E-state index in [0.717, 1.165) is 17.6 Å². The van der Waals surface area contributed by atoms with Crippen LogP contribution < -0.4 is 10.2 Å². The zero-order chi connectivity index (χ0) is 18.3. The number of fused-ring (bicyclic) bond motifs is 1. The van der Waals surface area contributed by atoms with Gasteiger partial charge in [-0.25, -0.2) is 4.98 Å². The van der Waals surface area contributed by atoms with Crippen molar-refractivity contribution >= 4 is 40.2 Å². The van der Waals surface area contributed by atoms with Crippen molar-refractivity contribution in [1.82, 2.24) is 29.8 Å². The van der Waals surface area contributed by atoms with Gasteiger partial charge in [-0.2, -0.15) is 0 Å². The van der Waals surface area contributed by atoms with Crippen LogP contribution >= 0.6 is 11.8 Å². The number of hydrogen-bond donors (Lipinski definition) is 2. The molecule has 0 radical (unpaired) electrons. The number of carbonyl (C=O) groups excluding carboxylic acids is 2. The highest BCUT2D eigenvalue weighted by atomic mass is 32.2. The number of rotatable bonds is 3. The van der Waals surface area contributed by atoms with Crippen LogP contribution in [0.25, 0.3) is 5.65 Å². The Bertz CT molecular complexity index is 883. The lowest BCUT2D eigenvalue weighted by molar-refractivity contribution is -0.133. The lowest BCUT2D eigenvalue weighted by Crippen LogP contribution is -2.54. The molecule has 2 aliphatic heterocycles. The third kappa shape index (κ3) is 2.98. The number of amidine groups is 1. The van der Waals surface area contributed by atoms with Crippen molar-refractivity contribution in [3.8, 4) is 0 Å². The summed E-state index contributed by atoms with van der Waals surface area (Å²) in [5.74, 6) is 0.430. The second kappa shape index (κ2) is 6.56. The Morgan fingerprint density at radius 2 is 2.31 bits per heavy atom. The van der Waals surface area contributed by atoms with Gasteiger partial charge in [-0.15, -0.1) is 10.2 Å². The normalized spacial score (nSPS) is 23.6. The van der Waals surface area contributed by atoms with E-state index in [4.69, 9.17) is 5.41 Å².